The number of amides is 1. The minimum Gasteiger partial charge on any atom is -0.472 e. The van der Waals surface area contributed by atoms with Gasteiger partial charge >= 0.3 is 0 Å². The number of benzene rings is 1. The first-order chi connectivity index (χ1) is 15.4. The first-order valence-electron chi connectivity index (χ1n) is 11.7. The van der Waals surface area contributed by atoms with Crippen LogP contribution in [0.5, 0.6) is 5.88 Å². The number of ether oxygens (including phenoxy) is 1. The number of aryl methyl sites for hydroxylation is 1. The predicted molar refractivity (Wildman–Crippen MR) is 126 cm³/mol. The Hall–Kier alpha value is -2.44. The van der Waals surface area contributed by atoms with Gasteiger partial charge in [-0.15, -0.1) is 0 Å². The molecule has 6 nitrogen and oxygen atoms in total. The van der Waals surface area contributed by atoms with Gasteiger partial charge in [-0.25, -0.2) is 4.98 Å². The summed E-state index contributed by atoms with van der Waals surface area (Å²) in [5, 5.41) is 9.84. The molecule has 172 valence electrons. The summed E-state index contributed by atoms with van der Waals surface area (Å²) in [4.78, 5) is 22.3. The van der Waals surface area contributed by atoms with Gasteiger partial charge in [-0.3, -0.25) is 4.79 Å². The lowest BCUT2D eigenvalue weighted by Gasteiger charge is -2.37. The van der Waals surface area contributed by atoms with Crippen LogP contribution < -0.4 is 4.74 Å². The number of pyridine rings is 1. The molecule has 2 heterocycles. The molecule has 1 aromatic heterocycles. The highest BCUT2D eigenvalue weighted by atomic mass is 16.5. The molecule has 6 heteroatoms. The molecule has 2 aliphatic rings. The summed E-state index contributed by atoms with van der Waals surface area (Å²) in [5.41, 5.74) is 3.54. The third-order valence-electron chi connectivity index (χ3n) is 6.74. The van der Waals surface area contributed by atoms with Crippen molar-refractivity contribution in [2.45, 2.75) is 45.8 Å². The fourth-order valence-electron chi connectivity index (χ4n) is 4.49. The van der Waals surface area contributed by atoms with Gasteiger partial charge in [0.15, 0.2) is 0 Å². The Bertz CT molecular complexity index is 959. The predicted octanol–water partition coefficient (Wildman–Crippen LogP) is 3.62. The van der Waals surface area contributed by atoms with E-state index < -0.39 is 0 Å². The van der Waals surface area contributed by atoms with Crippen molar-refractivity contribution in [3.05, 3.63) is 47.7 Å². The van der Waals surface area contributed by atoms with E-state index in [2.05, 4.69) is 36.8 Å². The number of nitrogens with zero attached hydrogens (tertiary/aromatic N) is 3. The lowest BCUT2D eigenvalue weighted by molar-refractivity contribution is 0.0328. The zero-order chi connectivity index (χ0) is 22.8. The van der Waals surface area contributed by atoms with E-state index in [9.17, 15) is 9.90 Å². The molecule has 1 N–H and O–H groups in total. The smallest absolute Gasteiger partial charge is 0.259 e. The van der Waals surface area contributed by atoms with Gasteiger partial charge in [0, 0.05) is 37.3 Å². The van der Waals surface area contributed by atoms with Crippen molar-refractivity contribution in [2.24, 2.45) is 11.8 Å². The van der Waals surface area contributed by atoms with Gasteiger partial charge in [-0.2, -0.15) is 0 Å². The van der Waals surface area contributed by atoms with Crippen LogP contribution in [-0.4, -0.2) is 71.2 Å². The van der Waals surface area contributed by atoms with E-state index in [-0.39, 0.29) is 30.6 Å². The van der Waals surface area contributed by atoms with Crippen molar-refractivity contribution < 1.29 is 14.6 Å². The zero-order valence-corrected chi connectivity index (χ0v) is 19.6. The summed E-state index contributed by atoms with van der Waals surface area (Å²) >= 11 is 0. The Labute approximate surface area is 191 Å². The van der Waals surface area contributed by atoms with Crippen LogP contribution in [0.4, 0.5) is 0 Å². The number of hydrogen-bond acceptors (Lipinski definition) is 5. The zero-order valence-electron chi connectivity index (χ0n) is 19.6. The lowest BCUT2D eigenvalue weighted by Crippen LogP contribution is -2.50. The summed E-state index contributed by atoms with van der Waals surface area (Å²) in [6.07, 6.45) is 4.34. The Kier molecular flexibility index (Phi) is 6.82. The van der Waals surface area contributed by atoms with Crippen molar-refractivity contribution in [2.75, 3.05) is 33.3 Å². The molecule has 0 saturated heterocycles. The second-order valence-corrected chi connectivity index (χ2v) is 9.68. The first kappa shape index (κ1) is 22.7. The number of aliphatic hydroxyl groups excluding tert-OH is 1. The van der Waals surface area contributed by atoms with Gasteiger partial charge in [0.05, 0.1) is 12.6 Å². The molecular weight excluding hydrogens is 402 g/mol. The third-order valence-corrected chi connectivity index (χ3v) is 6.74. The molecule has 1 aliphatic heterocycles. The highest BCUT2D eigenvalue weighted by Gasteiger charge is 2.35. The molecule has 3 atom stereocenters. The van der Waals surface area contributed by atoms with Crippen molar-refractivity contribution in [3.63, 3.8) is 0 Å². The first-order valence-corrected chi connectivity index (χ1v) is 11.7. The van der Waals surface area contributed by atoms with Gasteiger partial charge in [0.25, 0.3) is 5.91 Å². The molecule has 1 amide bonds. The van der Waals surface area contributed by atoms with Crippen molar-refractivity contribution in [1.29, 1.82) is 0 Å². The number of likely N-dealkylation sites (N-methyl/N-ethyl adjacent to an activating group) is 1. The van der Waals surface area contributed by atoms with Crippen LogP contribution in [0.25, 0.3) is 11.1 Å². The van der Waals surface area contributed by atoms with Crippen LogP contribution >= 0.6 is 0 Å². The molecule has 1 saturated carbocycles. The molecule has 0 spiro atoms. The van der Waals surface area contributed by atoms with Crippen LogP contribution in [0.1, 0.15) is 42.6 Å². The molecule has 1 aromatic carbocycles. The molecule has 2 aromatic rings. The van der Waals surface area contributed by atoms with Crippen molar-refractivity contribution in [1.82, 2.24) is 14.8 Å². The van der Waals surface area contributed by atoms with E-state index in [0.717, 1.165) is 35.7 Å². The minimum atomic E-state index is -0.275. The fraction of sp³-hybridized carbons (Fsp3) is 0.538. The van der Waals surface area contributed by atoms with Crippen LogP contribution in [-0.2, 0) is 0 Å². The second kappa shape index (κ2) is 9.59. The van der Waals surface area contributed by atoms with Gasteiger partial charge < -0.3 is 19.6 Å². The fourth-order valence-corrected chi connectivity index (χ4v) is 4.49. The monoisotopic (exact) mass is 437 g/mol. The summed E-state index contributed by atoms with van der Waals surface area (Å²) in [7, 11) is 2.14. The number of aromatic nitrogens is 1. The van der Waals surface area contributed by atoms with E-state index in [4.69, 9.17) is 4.74 Å². The minimum absolute atomic E-state index is 0.0776. The van der Waals surface area contributed by atoms with E-state index in [1.54, 1.807) is 11.1 Å². The Morgan fingerprint density at radius 3 is 2.69 bits per heavy atom. The van der Waals surface area contributed by atoms with E-state index in [1.807, 2.05) is 31.2 Å². The highest BCUT2D eigenvalue weighted by molar-refractivity contribution is 5.98. The average molecular weight is 438 g/mol. The summed E-state index contributed by atoms with van der Waals surface area (Å²) in [6.45, 7) is 8.38. The molecule has 0 bridgehead atoms. The van der Waals surface area contributed by atoms with E-state index >= 15 is 0 Å². The Morgan fingerprint density at radius 1 is 1.25 bits per heavy atom. The number of carbonyl (C=O) groups is 1. The normalized spacial score (nSPS) is 22.2. The van der Waals surface area contributed by atoms with Crippen molar-refractivity contribution >= 4 is 5.91 Å². The second-order valence-electron chi connectivity index (χ2n) is 9.68. The Balaban J connectivity index is 1.70. The van der Waals surface area contributed by atoms with Crippen LogP contribution in [0.3, 0.4) is 0 Å². The Morgan fingerprint density at radius 2 is 2.00 bits per heavy atom. The lowest BCUT2D eigenvalue weighted by atomic mass is 9.98. The number of hydrogen-bond donors (Lipinski definition) is 1. The molecular formula is C26H35N3O3. The highest BCUT2D eigenvalue weighted by Crippen LogP contribution is 2.32. The SMILES string of the molecule is Cc1ccccc1-c1cnc2c(c1)C(=O)N([C@@H](C)CO)C[C@@H](C)[C@@H](CN(C)CC1CC1)O2. The molecule has 0 radical (unpaired) electrons. The summed E-state index contributed by atoms with van der Waals surface area (Å²) in [5.74, 6) is 1.17. The third kappa shape index (κ3) is 4.97. The van der Waals surface area contributed by atoms with Gasteiger partial charge in [0.1, 0.15) is 11.7 Å². The molecule has 1 aliphatic carbocycles. The maximum atomic E-state index is 13.6. The maximum Gasteiger partial charge on any atom is 0.259 e. The molecule has 32 heavy (non-hydrogen) atoms. The van der Waals surface area contributed by atoms with E-state index in [1.165, 1.54) is 12.8 Å². The van der Waals surface area contributed by atoms with Crippen molar-refractivity contribution in [3.8, 4) is 17.0 Å². The standard InChI is InChI=1S/C26H35N3O3/c1-17-7-5-6-8-22(17)21-11-23-25(27-12-21)32-24(15-28(4)14-20-9-10-20)18(2)13-29(26(23)31)19(3)16-30/h5-8,11-12,18-20,24,30H,9-10,13-16H2,1-4H3/t18-,19+,24-/m1/s1. The quantitative estimate of drug-likeness (QED) is 0.717. The number of rotatable bonds is 7. The summed E-state index contributed by atoms with van der Waals surface area (Å²) < 4.78 is 6.41. The van der Waals surface area contributed by atoms with Gasteiger partial charge in [-0.1, -0.05) is 31.2 Å². The largest absolute Gasteiger partial charge is 0.472 e. The van der Waals surface area contributed by atoms with Crippen LogP contribution in [0.2, 0.25) is 0 Å². The number of fused-ring (bicyclic) bond motifs is 1. The van der Waals surface area contributed by atoms with Crippen LogP contribution in [0, 0.1) is 18.8 Å². The molecule has 4 rings (SSSR count). The topological polar surface area (TPSA) is 65.9 Å². The van der Waals surface area contributed by atoms with E-state index in [0.29, 0.717) is 18.0 Å². The maximum absolute atomic E-state index is 13.6. The summed E-state index contributed by atoms with van der Waals surface area (Å²) in [6, 6.07) is 9.71. The average Bonchev–Trinajstić information content (AvgIpc) is 3.59. The van der Waals surface area contributed by atoms with Gasteiger partial charge in [-0.05, 0) is 56.8 Å². The molecule has 1 fully saturated rings. The molecule has 0 unspecified atom stereocenters. The van der Waals surface area contributed by atoms with Crippen LogP contribution in [0.15, 0.2) is 36.5 Å². The van der Waals surface area contributed by atoms with Gasteiger partial charge in [0.2, 0.25) is 5.88 Å². The number of aliphatic hydroxyl groups is 1. The number of carbonyl (C=O) groups excluding carboxylic acids is 1.